The van der Waals surface area contributed by atoms with Crippen molar-refractivity contribution in [1.29, 1.82) is 0 Å². The normalized spacial score (nSPS) is 29.9. The first-order chi connectivity index (χ1) is 13.7. The summed E-state index contributed by atoms with van der Waals surface area (Å²) >= 11 is 0. The van der Waals surface area contributed by atoms with Crippen molar-refractivity contribution >= 4 is 29.9 Å². The summed E-state index contributed by atoms with van der Waals surface area (Å²) in [5.74, 6) is 3.38. The van der Waals surface area contributed by atoms with Crippen LogP contribution in [0.5, 0.6) is 0 Å². The van der Waals surface area contributed by atoms with Crippen molar-refractivity contribution in [3.63, 3.8) is 0 Å². The van der Waals surface area contributed by atoms with Gasteiger partial charge in [0, 0.05) is 51.8 Å². The van der Waals surface area contributed by atoms with E-state index in [0.29, 0.717) is 12.0 Å². The topological polar surface area (TPSA) is 49.3 Å². The molecule has 1 aliphatic carbocycles. The second-order valence-electron chi connectivity index (χ2n) is 9.04. The van der Waals surface area contributed by atoms with Crippen molar-refractivity contribution in [1.82, 2.24) is 15.1 Å². The molecule has 1 N–H and O–H groups in total. The van der Waals surface area contributed by atoms with Gasteiger partial charge in [0.15, 0.2) is 5.96 Å². The van der Waals surface area contributed by atoms with Crippen LogP contribution in [0.3, 0.4) is 0 Å². The maximum Gasteiger partial charge on any atom is 0.193 e. The Morgan fingerprint density at radius 1 is 1.10 bits per heavy atom. The smallest absolute Gasteiger partial charge is 0.193 e. The van der Waals surface area contributed by atoms with E-state index in [1.54, 1.807) is 0 Å². The molecule has 2 atom stereocenters. The largest absolute Gasteiger partial charge is 0.381 e. The van der Waals surface area contributed by atoms with Gasteiger partial charge < -0.3 is 19.7 Å². The molecule has 0 spiro atoms. The van der Waals surface area contributed by atoms with Crippen LogP contribution in [-0.2, 0) is 9.47 Å². The van der Waals surface area contributed by atoms with Crippen LogP contribution >= 0.6 is 24.0 Å². The highest BCUT2D eigenvalue weighted by atomic mass is 127. The van der Waals surface area contributed by atoms with Crippen molar-refractivity contribution in [3.8, 4) is 0 Å². The maximum atomic E-state index is 5.71. The number of hydrogen-bond acceptors (Lipinski definition) is 4. The molecular formula is C22H43IN4O2. The molecule has 0 bridgehead atoms. The Kier molecular flexibility index (Phi) is 11.6. The van der Waals surface area contributed by atoms with Crippen molar-refractivity contribution in [2.24, 2.45) is 22.7 Å². The Morgan fingerprint density at radius 3 is 2.45 bits per heavy atom. The Morgan fingerprint density at radius 2 is 1.83 bits per heavy atom. The molecule has 2 saturated heterocycles. The number of rotatable bonds is 7. The lowest BCUT2D eigenvalue weighted by atomic mass is 9.83. The molecule has 3 fully saturated rings. The highest BCUT2D eigenvalue weighted by Crippen LogP contribution is 2.28. The molecule has 3 rings (SSSR count). The van der Waals surface area contributed by atoms with E-state index in [-0.39, 0.29) is 24.0 Å². The van der Waals surface area contributed by atoms with Crippen LogP contribution in [0.4, 0.5) is 0 Å². The van der Waals surface area contributed by atoms with E-state index >= 15 is 0 Å². The van der Waals surface area contributed by atoms with Crippen molar-refractivity contribution in [2.45, 2.75) is 52.0 Å². The monoisotopic (exact) mass is 522 g/mol. The second-order valence-corrected chi connectivity index (χ2v) is 9.04. The molecule has 0 aromatic rings. The summed E-state index contributed by atoms with van der Waals surface area (Å²) in [6.45, 7) is 12.9. The summed E-state index contributed by atoms with van der Waals surface area (Å²) in [6, 6.07) is 0.462. The maximum absolute atomic E-state index is 5.71. The second kappa shape index (κ2) is 13.3. The van der Waals surface area contributed by atoms with Gasteiger partial charge in [-0.3, -0.25) is 9.89 Å². The third-order valence-corrected chi connectivity index (χ3v) is 6.82. The predicted molar refractivity (Wildman–Crippen MR) is 130 cm³/mol. The molecular weight excluding hydrogens is 479 g/mol. The first-order valence-corrected chi connectivity index (χ1v) is 11.6. The molecule has 2 unspecified atom stereocenters. The molecule has 0 aromatic carbocycles. The summed E-state index contributed by atoms with van der Waals surface area (Å²) in [6.07, 6.45) is 6.64. The van der Waals surface area contributed by atoms with E-state index in [2.05, 4.69) is 36.0 Å². The molecule has 29 heavy (non-hydrogen) atoms. The van der Waals surface area contributed by atoms with E-state index in [0.717, 1.165) is 83.4 Å². The quantitative estimate of drug-likeness (QED) is 0.317. The number of morpholine rings is 1. The van der Waals surface area contributed by atoms with Gasteiger partial charge in [-0.15, -0.1) is 24.0 Å². The summed E-state index contributed by atoms with van der Waals surface area (Å²) in [7, 11) is 2.21. The van der Waals surface area contributed by atoms with E-state index in [1.165, 1.54) is 25.7 Å². The summed E-state index contributed by atoms with van der Waals surface area (Å²) in [4.78, 5) is 10.1. The molecule has 6 nitrogen and oxygen atoms in total. The van der Waals surface area contributed by atoms with Gasteiger partial charge in [0.05, 0.1) is 26.4 Å². The lowest BCUT2D eigenvalue weighted by Gasteiger charge is -2.37. The molecule has 7 heteroatoms. The summed E-state index contributed by atoms with van der Waals surface area (Å²) in [5, 5.41) is 3.53. The van der Waals surface area contributed by atoms with E-state index in [1.807, 2.05) is 0 Å². The van der Waals surface area contributed by atoms with E-state index in [4.69, 9.17) is 14.5 Å². The molecule has 170 valence electrons. The fraction of sp³-hybridized carbons (Fsp3) is 0.955. The Labute approximate surface area is 195 Å². The van der Waals surface area contributed by atoms with Crippen LogP contribution < -0.4 is 5.32 Å². The van der Waals surface area contributed by atoms with Gasteiger partial charge in [-0.05, 0) is 38.0 Å². The SMILES string of the molecule is CCNC(=NCC(C1CCOC1)N1CCOCC1)N(C)CC1CCC(C)CC1.I. The lowest BCUT2D eigenvalue weighted by molar-refractivity contribution is 0.00364. The third kappa shape index (κ3) is 7.82. The Balaban J connectivity index is 0.00000300. The van der Waals surface area contributed by atoms with Gasteiger partial charge in [0.25, 0.3) is 0 Å². The number of halogens is 1. The standard InChI is InChI=1S/C22H42N4O2.HI/c1-4-23-22(25(3)16-19-7-5-18(2)6-8-19)24-15-21(20-9-12-28-17-20)26-10-13-27-14-11-26;/h18-21H,4-17H2,1-3H3,(H,23,24);1H. The van der Waals surface area contributed by atoms with Gasteiger partial charge in [-0.1, -0.05) is 19.8 Å². The summed E-state index contributed by atoms with van der Waals surface area (Å²) in [5.41, 5.74) is 0. The molecule has 0 amide bonds. The Bertz CT molecular complexity index is 473. The number of hydrogen-bond donors (Lipinski definition) is 1. The zero-order valence-electron chi connectivity index (χ0n) is 18.8. The predicted octanol–water partition coefficient (Wildman–Crippen LogP) is 3.07. The van der Waals surface area contributed by atoms with Crippen LogP contribution in [0.25, 0.3) is 0 Å². The van der Waals surface area contributed by atoms with E-state index < -0.39 is 0 Å². The highest BCUT2D eigenvalue weighted by molar-refractivity contribution is 14.0. The van der Waals surface area contributed by atoms with Gasteiger partial charge in [-0.2, -0.15) is 0 Å². The lowest BCUT2D eigenvalue weighted by Crippen LogP contribution is -2.49. The van der Waals surface area contributed by atoms with Crippen molar-refractivity contribution < 1.29 is 9.47 Å². The van der Waals surface area contributed by atoms with Gasteiger partial charge in [0.1, 0.15) is 0 Å². The van der Waals surface area contributed by atoms with Crippen LogP contribution in [0.15, 0.2) is 4.99 Å². The molecule has 2 heterocycles. The third-order valence-electron chi connectivity index (χ3n) is 6.82. The van der Waals surface area contributed by atoms with Crippen LogP contribution in [0.2, 0.25) is 0 Å². The molecule has 2 aliphatic heterocycles. The molecule has 1 saturated carbocycles. The van der Waals surface area contributed by atoms with Crippen LogP contribution in [-0.4, -0.2) is 88.0 Å². The number of nitrogens with one attached hydrogen (secondary N) is 1. The fourth-order valence-electron chi connectivity index (χ4n) is 4.96. The zero-order chi connectivity index (χ0) is 19.8. The first kappa shape index (κ1) is 25.1. The summed E-state index contributed by atoms with van der Waals surface area (Å²) < 4.78 is 11.3. The van der Waals surface area contributed by atoms with Crippen molar-refractivity contribution in [2.75, 3.05) is 66.2 Å². The van der Waals surface area contributed by atoms with Crippen LogP contribution in [0.1, 0.15) is 46.0 Å². The van der Waals surface area contributed by atoms with E-state index in [9.17, 15) is 0 Å². The number of nitrogens with zero attached hydrogens (tertiary/aromatic N) is 3. The number of ether oxygens (including phenoxy) is 2. The van der Waals surface area contributed by atoms with Gasteiger partial charge in [0.2, 0.25) is 0 Å². The fourth-order valence-corrected chi connectivity index (χ4v) is 4.96. The minimum Gasteiger partial charge on any atom is -0.381 e. The average Bonchev–Trinajstić information content (AvgIpc) is 3.24. The first-order valence-electron chi connectivity index (χ1n) is 11.6. The molecule has 0 aromatic heterocycles. The minimum atomic E-state index is 0. The van der Waals surface area contributed by atoms with Crippen molar-refractivity contribution in [3.05, 3.63) is 0 Å². The van der Waals surface area contributed by atoms with Gasteiger partial charge >= 0.3 is 0 Å². The number of guanidine groups is 1. The van der Waals surface area contributed by atoms with Crippen LogP contribution in [0, 0.1) is 17.8 Å². The average molecular weight is 523 g/mol. The van der Waals surface area contributed by atoms with Gasteiger partial charge in [-0.25, -0.2) is 0 Å². The zero-order valence-corrected chi connectivity index (χ0v) is 21.1. The Hall–Kier alpha value is -0.120. The highest BCUT2D eigenvalue weighted by Gasteiger charge is 2.31. The number of aliphatic imine (C=N–C) groups is 1. The minimum absolute atomic E-state index is 0. The molecule has 0 radical (unpaired) electrons. The molecule has 3 aliphatic rings.